The van der Waals surface area contributed by atoms with Gasteiger partial charge < -0.3 is 10.5 Å². The first-order valence-electron chi connectivity index (χ1n) is 5.65. The number of methoxy groups -OCH3 is 1. The van der Waals surface area contributed by atoms with Crippen molar-refractivity contribution in [2.24, 2.45) is 0 Å². The van der Waals surface area contributed by atoms with Crippen LogP contribution < -0.4 is 15.8 Å². The van der Waals surface area contributed by atoms with Crippen LogP contribution in [0.2, 0.25) is 0 Å². The van der Waals surface area contributed by atoms with Gasteiger partial charge in [0, 0.05) is 23.0 Å². The van der Waals surface area contributed by atoms with Crippen molar-refractivity contribution in [2.75, 3.05) is 18.2 Å². The number of amides is 1. The number of nitrogens with zero attached hydrogens (tertiary/aromatic N) is 2. The Morgan fingerprint density at radius 1 is 1.32 bits per heavy atom. The summed E-state index contributed by atoms with van der Waals surface area (Å²) in [5, 5.41) is 2.60. The maximum absolute atomic E-state index is 12.0. The Morgan fingerprint density at radius 3 is 2.79 bits per heavy atom. The fourth-order valence-electron chi connectivity index (χ4n) is 1.55. The molecule has 1 aromatic heterocycles. The Hall–Kier alpha value is -2.63. The summed E-state index contributed by atoms with van der Waals surface area (Å²) in [5.41, 5.74) is 7.30. The van der Waals surface area contributed by atoms with Gasteiger partial charge in [0.15, 0.2) is 0 Å². The molecule has 1 amide bonds. The second-order valence-electron chi connectivity index (χ2n) is 3.95. The molecule has 1 heterocycles. The monoisotopic (exact) mass is 258 g/mol. The van der Waals surface area contributed by atoms with E-state index in [-0.39, 0.29) is 11.9 Å². The Labute approximate surface area is 110 Å². The van der Waals surface area contributed by atoms with Gasteiger partial charge in [0.1, 0.15) is 0 Å². The van der Waals surface area contributed by atoms with Crippen LogP contribution in [-0.2, 0) is 0 Å². The Morgan fingerprint density at radius 2 is 2.11 bits per heavy atom. The predicted octanol–water partition coefficient (Wildman–Crippen LogP) is 1.63. The van der Waals surface area contributed by atoms with Crippen LogP contribution >= 0.6 is 0 Å². The van der Waals surface area contributed by atoms with Crippen molar-refractivity contribution in [1.29, 1.82) is 0 Å². The quantitative estimate of drug-likeness (QED) is 0.816. The maximum Gasteiger partial charge on any atom is 0.258 e. The third-order valence-corrected chi connectivity index (χ3v) is 2.41. The van der Waals surface area contributed by atoms with Gasteiger partial charge >= 0.3 is 0 Å². The number of benzene rings is 1. The van der Waals surface area contributed by atoms with Crippen LogP contribution in [0.25, 0.3) is 0 Å². The van der Waals surface area contributed by atoms with E-state index in [1.807, 2.05) is 0 Å². The van der Waals surface area contributed by atoms with Crippen LogP contribution in [0.5, 0.6) is 5.88 Å². The number of carbonyl (C=O) groups is 1. The van der Waals surface area contributed by atoms with Crippen molar-refractivity contribution in [3.8, 4) is 5.88 Å². The summed E-state index contributed by atoms with van der Waals surface area (Å²) in [5.74, 6) is 0.277. The zero-order valence-electron chi connectivity index (χ0n) is 10.7. The molecule has 0 fully saturated rings. The zero-order valence-corrected chi connectivity index (χ0v) is 10.7. The highest BCUT2D eigenvalue weighted by Gasteiger charge is 2.09. The standard InChI is InChI=1S/C13H14N4O2/c1-8-6-11(19-2)16-13(15-8)17-12(18)9-4-3-5-10(14)7-9/h3-7H,14H2,1-2H3,(H,15,16,17,18). The lowest BCUT2D eigenvalue weighted by Crippen LogP contribution is -2.15. The molecule has 0 saturated carbocycles. The molecule has 0 aliphatic rings. The number of hydrogen-bond donors (Lipinski definition) is 2. The first kappa shape index (κ1) is 12.8. The average Bonchev–Trinajstić information content (AvgIpc) is 2.38. The van der Waals surface area contributed by atoms with E-state index in [9.17, 15) is 4.79 Å². The maximum atomic E-state index is 12.0. The molecule has 0 radical (unpaired) electrons. The van der Waals surface area contributed by atoms with E-state index >= 15 is 0 Å². The minimum atomic E-state index is -0.319. The van der Waals surface area contributed by atoms with E-state index < -0.39 is 0 Å². The smallest absolute Gasteiger partial charge is 0.258 e. The van der Waals surface area contributed by atoms with Gasteiger partial charge in [-0.2, -0.15) is 4.98 Å². The van der Waals surface area contributed by atoms with Crippen molar-refractivity contribution < 1.29 is 9.53 Å². The normalized spacial score (nSPS) is 10.0. The molecule has 0 aliphatic heterocycles. The minimum Gasteiger partial charge on any atom is -0.481 e. The van der Waals surface area contributed by atoms with Crippen LogP contribution in [0, 0.1) is 6.92 Å². The SMILES string of the molecule is COc1cc(C)nc(NC(=O)c2cccc(N)c2)n1. The summed E-state index contributed by atoms with van der Waals surface area (Å²) >= 11 is 0. The highest BCUT2D eigenvalue weighted by atomic mass is 16.5. The number of anilines is 2. The highest BCUT2D eigenvalue weighted by molar-refractivity contribution is 6.03. The molecule has 0 aliphatic carbocycles. The molecule has 0 bridgehead atoms. The molecule has 0 unspecified atom stereocenters. The lowest BCUT2D eigenvalue weighted by Gasteiger charge is -2.06. The van der Waals surface area contributed by atoms with E-state index in [0.717, 1.165) is 0 Å². The van der Waals surface area contributed by atoms with Gasteiger partial charge in [-0.05, 0) is 25.1 Å². The van der Waals surface area contributed by atoms with Gasteiger partial charge in [-0.15, -0.1) is 0 Å². The lowest BCUT2D eigenvalue weighted by atomic mass is 10.2. The number of nitrogens with two attached hydrogens (primary N) is 1. The minimum absolute atomic E-state index is 0.198. The molecule has 2 rings (SSSR count). The van der Waals surface area contributed by atoms with Crippen LogP contribution in [0.3, 0.4) is 0 Å². The molecule has 6 heteroatoms. The van der Waals surface area contributed by atoms with E-state index in [2.05, 4.69) is 15.3 Å². The number of ether oxygens (including phenoxy) is 1. The van der Waals surface area contributed by atoms with Crippen LogP contribution in [0.4, 0.5) is 11.6 Å². The Balaban J connectivity index is 2.21. The van der Waals surface area contributed by atoms with Crippen LogP contribution in [0.15, 0.2) is 30.3 Å². The summed E-state index contributed by atoms with van der Waals surface area (Å²) in [6.07, 6.45) is 0. The zero-order chi connectivity index (χ0) is 13.8. The Kier molecular flexibility index (Phi) is 3.61. The van der Waals surface area contributed by atoms with Gasteiger partial charge in [-0.25, -0.2) is 4.98 Å². The number of rotatable bonds is 3. The molecule has 1 aromatic carbocycles. The van der Waals surface area contributed by atoms with Crippen molar-refractivity contribution >= 4 is 17.5 Å². The summed E-state index contributed by atoms with van der Waals surface area (Å²) in [4.78, 5) is 20.1. The molecule has 0 spiro atoms. The topological polar surface area (TPSA) is 90.1 Å². The number of nitrogens with one attached hydrogen (secondary N) is 1. The van der Waals surface area contributed by atoms with Gasteiger partial charge in [-0.1, -0.05) is 6.07 Å². The average molecular weight is 258 g/mol. The molecular formula is C13H14N4O2. The second-order valence-corrected chi connectivity index (χ2v) is 3.95. The number of nitrogen functional groups attached to an aromatic ring is 1. The summed E-state index contributed by atoms with van der Waals surface area (Å²) in [6, 6.07) is 8.35. The van der Waals surface area contributed by atoms with Crippen LogP contribution in [-0.4, -0.2) is 23.0 Å². The van der Waals surface area contributed by atoms with Gasteiger partial charge in [0.25, 0.3) is 5.91 Å². The predicted molar refractivity (Wildman–Crippen MR) is 72.1 cm³/mol. The molecule has 0 atom stereocenters. The molecule has 6 nitrogen and oxygen atoms in total. The molecule has 0 saturated heterocycles. The number of carbonyl (C=O) groups excluding carboxylic acids is 1. The van der Waals surface area contributed by atoms with E-state index in [1.165, 1.54) is 7.11 Å². The fraction of sp³-hybridized carbons (Fsp3) is 0.154. The summed E-state index contributed by atoms with van der Waals surface area (Å²) in [6.45, 7) is 1.79. The molecule has 3 N–H and O–H groups in total. The van der Waals surface area contributed by atoms with Crippen molar-refractivity contribution in [2.45, 2.75) is 6.92 Å². The first-order valence-corrected chi connectivity index (χ1v) is 5.65. The number of aromatic nitrogens is 2. The lowest BCUT2D eigenvalue weighted by molar-refractivity contribution is 0.102. The second kappa shape index (κ2) is 5.34. The molecule has 19 heavy (non-hydrogen) atoms. The van der Waals surface area contributed by atoms with E-state index in [0.29, 0.717) is 22.8 Å². The Bertz CT molecular complexity index is 613. The van der Waals surface area contributed by atoms with Gasteiger partial charge in [-0.3, -0.25) is 10.1 Å². The molecule has 2 aromatic rings. The number of hydrogen-bond acceptors (Lipinski definition) is 5. The van der Waals surface area contributed by atoms with E-state index in [4.69, 9.17) is 10.5 Å². The molecular weight excluding hydrogens is 244 g/mol. The highest BCUT2D eigenvalue weighted by Crippen LogP contribution is 2.13. The third kappa shape index (κ3) is 3.19. The number of aryl methyl sites for hydroxylation is 1. The van der Waals surface area contributed by atoms with Crippen LogP contribution in [0.1, 0.15) is 16.1 Å². The first-order chi connectivity index (χ1) is 9.08. The van der Waals surface area contributed by atoms with Gasteiger partial charge in [0.2, 0.25) is 11.8 Å². The molecule has 98 valence electrons. The largest absolute Gasteiger partial charge is 0.481 e. The van der Waals surface area contributed by atoms with Crippen molar-refractivity contribution in [3.05, 3.63) is 41.6 Å². The van der Waals surface area contributed by atoms with Crippen molar-refractivity contribution in [3.63, 3.8) is 0 Å². The summed E-state index contributed by atoms with van der Waals surface area (Å²) < 4.78 is 5.02. The third-order valence-electron chi connectivity index (χ3n) is 2.41. The van der Waals surface area contributed by atoms with Gasteiger partial charge in [0.05, 0.1) is 7.11 Å². The fourth-order valence-corrected chi connectivity index (χ4v) is 1.55. The summed E-state index contributed by atoms with van der Waals surface area (Å²) in [7, 11) is 1.51. The van der Waals surface area contributed by atoms with Crippen molar-refractivity contribution in [1.82, 2.24) is 9.97 Å². The van der Waals surface area contributed by atoms with E-state index in [1.54, 1.807) is 37.3 Å².